The molecule has 0 bridgehead atoms. The summed E-state index contributed by atoms with van der Waals surface area (Å²) >= 11 is 0. The summed E-state index contributed by atoms with van der Waals surface area (Å²) in [5, 5.41) is 10.7. The van der Waals surface area contributed by atoms with E-state index in [4.69, 9.17) is 5.21 Å². The number of oxime groups is 1. The topological polar surface area (TPSA) is 32.6 Å². The van der Waals surface area contributed by atoms with E-state index in [1.54, 1.807) is 6.92 Å². The molecule has 0 aromatic heterocycles. The summed E-state index contributed by atoms with van der Waals surface area (Å²) in [7, 11) is 0. The minimum Gasteiger partial charge on any atom is -0.411 e. The van der Waals surface area contributed by atoms with Crippen molar-refractivity contribution in [3.05, 3.63) is 23.6 Å². The number of allylic oxidation sites excluding steroid dienone is 4. The molecule has 0 heterocycles. The molecule has 0 rings (SSSR count). The smallest absolute Gasteiger partial charge is 0.122 e. The average Bonchev–Trinajstić information content (AvgIpc) is 2.03. The lowest BCUT2D eigenvalue weighted by Gasteiger charge is -2.03. The van der Waals surface area contributed by atoms with Gasteiger partial charge < -0.3 is 5.21 Å². The highest BCUT2D eigenvalue weighted by Crippen LogP contribution is 2.15. The molecular weight excluding hydrogens is 157 g/mol. The van der Waals surface area contributed by atoms with E-state index in [0.29, 0.717) is 5.57 Å². The molecule has 0 aromatic carbocycles. The predicted molar refractivity (Wildman–Crippen MR) is 48.1 cm³/mol. The maximum atomic E-state index is 13.0. The molecule has 0 aromatic rings. The van der Waals surface area contributed by atoms with E-state index in [2.05, 4.69) is 5.16 Å². The van der Waals surface area contributed by atoms with Crippen LogP contribution in [0, 0.1) is 5.92 Å². The quantitative estimate of drug-likeness (QED) is 0.301. The molecule has 0 spiro atoms. The van der Waals surface area contributed by atoms with E-state index < -0.39 is 0 Å². The lowest BCUT2D eigenvalue weighted by Crippen LogP contribution is -1.90. The molecular formula is C9H14FNO. The second-order valence-corrected chi connectivity index (χ2v) is 2.81. The van der Waals surface area contributed by atoms with Crippen LogP contribution in [-0.2, 0) is 0 Å². The van der Waals surface area contributed by atoms with E-state index in [9.17, 15) is 4.39 Å². The zero-order chi connectivity index (χ0) is 9.56. The first-order chi connectivity index (χ1) is 5.59. The minimum absolute atomic E-state index is 0.195. The van der Waals surface area contributed by atoms with Gasteiger partial charge in [0.2, 0.25) is 0 Å². The van der Waals surface area contributed by atoms with E-state index in [-0.39, 0.29) is 11.7 Å². The van der Waals surface area contributed by atoms with Crippen LogP contribution in [0.3, 0.4) is 0 Å². The zero-order valence-electron chi connectivity index (χ0n) is 7.58. The summed E-state index contributed by atoms with van der Waals surface area (Å²) in [6.07, 6.45) is 3.74. The lowest BCUT2D eigenvalue weighted by molar-refractivity contribution is 0.322. The molecule has 12 heavy (non-hydrogen) atoms. The van der Waals surface area contributed by atoms with Gasteiger partial charge in [-0.15, -0.1) is 0 Å². The van der Waals surface area contributed by atoms with E-state index in [0.717, 1.165) is 6.21 Å². The van der Waals surface area contributed by atoms with Crippen molar-refractivity contribution in [3.63, 3.8) is 0 Å². The first-order valence-electron chi connectivity index (χ1n) is 3.80. The summed E-state index contributed by atoms with van der Waals surface area (Å²) in [6, 6.07) is 0. The van der Waals surface area contributed by atoms with Crippen molar-refractivity contribution in [3.8, 4) is 0 Å². The fourth-order valence-corrected chi connectivity index (χ4v) is 0.573. The summed E-state index contributed by atoms with van der Waals surface area (Å²) in [5.74, 6) is -0.0781. The number of halogens is 1. The highest BCUT2D eigenvalue weighted by atomic mass is 19.1. The van der Waals surface area contributed by atoms with E-state index in [1.807, 2.05) is 13.8 Å². The van der Waals surface area contributed by atoms with Crippen LogP contribution in [-0.4, -0.2) is 11.4 Å². The minimum atomic E-state index is -0.273. The lowest BCUT2D eigenvalue weighted by atomic mass is 10.0. The Labute approximate surface area is 72.1 Å². The van der Waals surface area contributed by atoms with E-state index >= 15 is 0 Å². The van der Waals surface area contributed by atoms with Crippen molar-refractivity contribution in [1.82, 2.24) is 0 Å². The van der Waals surface area contributed by atoms with Gasteiger partial charge in [0.15, 0.2) is 0 Å². The van der Waals surface area contributed by atoms with Crippen molar-refractivity contribution in [1.29, 1.82) is 0 Å². The first kappa shape index (κ1) is 10.9. The molecule has 0 saturated carbocycles. The molecule has 0 amide bonds. The highest BCUT2D eigenvalue weighted by Gasteiger charge is 2.01. The molecule has 68 valence electrons. The monoisotopic (exact) mass is 171 g/mol. The first-order valence-corrected chi connectivity index (χ1v) is 3.80. The summed E-state index contributed by atoms with van der Waals surface area (Å²) < 4.78 is 13.0. The fraction of sp³-hybridized carbons (Fsp3) is 0.444. The summed E-state index contributed by atoms with van der Waals surface area (Å²) in [5.41, 5.74) is 0.692. The normalized spacial score (nSPS) is 14.8. The second kappa shape index (κ2) is 5.52. The average molecular weight is 171 g/mol. The van der Waals surface area contributed by atoms with Crippen LogP contribution >= 0.6 is 0 Å². The second-order valence-electron chi connectivity index (χ2n) is 2.81. The number of rotatable bonds is 3. The number of hydrogen-bond donors (Lipinski definition) is 1. The maximum Gasteiger partial charge on any atom is 0.122 e. The summed E-state index contributed by atoms with van der Waals surface area (Å²) in [4.78, 5) is 0. The van der Waals surface area contributed by atoms with Crippen LogP contribution in [0.25, 0.3) is 0 Å². The molecule has 0 fully saturated rings. The van der Waals surface area contributed by atoms with Crippen LogP contribution in [0.15, 0.2) is 28.7 Å². The van der Waals surface area contributed by atoms with Crippen LogP contribution in [0.1, 0.15) is 20.8 Å². The third-order valence-corrected chi connectivity index (χ3v) is 1.64. The van der Waals surface area contributed by atoms with Crippen LogP contribution < -0.4 is 0 Å². The van der Waals surface area contributed by atoms with Crippen molar-refractivity contribution < 1.29 is 9.60 Å². The van der Waals surface area contributed by atoms with Gasteiger partial charge in [0.05, 0.1) is 6.21 Å². The molecule has 2 nitrogen and oxygen atoms in total. The van der Waals surface area contributed by atoms with Gasteiger partial charge in [0.1, 0.15) is 5.83 Å². The van der Waals surface area contributed by atoms with Gasteiger partial charge >= 0.3 is 0 Å². The Morgan fingerprint density at radius 2 is 2.08 bits per heavy atom. The molecule has 3 heteroatoms. The van der Waals surface area contributed by atoms with Gasteiger partial charge in [-0.2, -0.15) is 0 Å². The van der Waals surface area contributed by atoms with Gasteiger partial charge in [-0.3, -0.25) is 0 Å². The van der Waals surface area contributed by atoms with Gasteiger partial charge in [-0.05, 0) is 30.6 Å². The maximum absolute atomic E-state index is 13.0. The molecule has 0 aliphatic rings. The van der Waals surface area contributed by atoms with Crippen molar-refractivity contribution in [2.24, 2.45) is 11.1 Å². The SMILES string of the molecule is C\C(=C(F)/C=C\C=N\O)C(C)C. The molecule has 0 saturated heterocycles. The Kier molecular flexibility index (Phi) is 5.00. The molecule has 0 aliphatic heterocycles. The third kappa shape index (κ3) is 3.91. The Morgan fingerprint density at radius 3 is 2.50 bits per heavy atom. The Bertz CT molecular complexity index is 217. The van der Waals surface area contributed by atoms with Crippen LogP contribution in [0.4, 0.5) is 4.39 Å². The Balaban J connectivity index is 4.36. The van der Waals surface area contributed by atoms with Crippen molar-refractivity contribution >= 4 is 6.21 Å². The van der Waals surface area contributed by atoms with Crippen LogP contribution in [0.5, 0.6) is 0 Å². The molecule has 0 aliphatic carbocycles. The Morgan fingerprint density at radius 1 is 1.50 bits per heavy atom. The standard InChI is InChI=1S/C9H14FNO/c1-7(2)8(3)9(10)5-4-6-11-12/h4-7,12H,1-3H3/b5-4-,9-8-,11-6+. The molecule has 0 radical (unpaired) electrons. The zero-order valence-corrected chi connectivity index (χ0v) is 7.58. The van der Waals surface area contributed by atoms with E-state index in [1.165, 1.54) is 12.2 Å². The predicted octanol–water partition coefficient (Wildman–Crippen LogP) is 2.90. The number of nitrogens with zero attached hydrogens (tertiary/aromatic N) is 1. The largest absolute Gasteiger partial charge is 0.411 e. The Hall–Kier alpha value is -1.12. The highest BCUT2D eigenvalue weighted by molar-refractivity contribution is 5.71. The molecule has 1 N–H and O–H groups in total. The van der Waals surface area contributed by atoms with Gasteiger partial charge in [-0.25, -0.2) is 4.39 Å². The summed E-state index contributed by atoms with van der Waals surface area (Å²) in [6.45, 7) is 5.58. The fourth-order valence-electron chi connectivity index (χ4n) is 0.573. The van der Waals surface area contributed by atoms with Crippen LogP contribution in [0.2, 0.25) is 0 Å². The number of hydrogen-bond acceptors (Lipinski definition) is 2. The van der Waals surface area contributed by atoms with Gasteiger partial charge in [-0.1, -0.05) is 19.0 Å². The van der Waals surface area contributed by atoms with Gasteiger partial charge in [0.25, 0.3) is 0 Å². The molecule has 0 atom stereocenters. The third-order valence-electron chi connectivity index (χ3n) is 1.64. The molecule has 0 unspecified atom stereocenters. The van der Waals surface area contributed by atoms with Crippen molar-refractivity contribution in [2.45, 2.75) is 20.8 Å². The van der Waals surface area contributed by atoms with Crippen molar-refractivity contribution in [2.75, 3.05) is 0 Å². The van der Waals surface area contributed by atoms with Gasteiger partial charge in [0, 0.05) is 0 Å².